The zero-order valence-corrected chi connectivity index (χ0v) is 9.99. The zero-order chi connectivity index (χ0) is 13.9. The lowest BCUT2D eigenvalue weighted by Gasteiger charge is -2.28. The number of nitrogens with one attached hydrogen (secondary N) is 1. The van der Waals surface area contributed by atoms with E-state index in [9.17, 15) is 13.2 Å². The van der Waals surface area contributed by atoms with Gasteiger partial charge in [-0.2, -0.15) is 13.2 Å². The van der Waals surface area contributed by atoms with Gasteiger partial charge in [0.15, 0.2) is 0 Å². The summed E-state index contributed by atoms with van der Waals surface area (Å²) in [6.07, 6.45) is -1.95. The molecule has 0 aliphatic rings. The van der Waals surface area contributed by atoms with Crippen molar-refractivity contribution >= 4 is 11.7 Å². The molecular formula is C10H14F3N5. The third-order valence-corrected chi connectivity index (χ3v) is 2.18. The number of amidine groups is 1. The highest BCUT2D eigenvalue weighted by Crippen LogP contribution is 2.22. The van der Waals surface area contributed by atoms with Gasteiger partial charge >= 0.3 is 6.18 Å². The van der Waals surface area contributed by atoms with Crippen molar-refractivity contribution in [1.82, 2.24) is 9.97 Å². The first-order chi connectivity index (χ1) is 8.20. The molecular weight excluding hydrogens is 247 g/mol. The van der Waals surface area contributed by atoms with Crippen LogP contribution in [0.15, 0.2) is 12.4 Å². The number of hydrogen-bond acceptors (Lipinski definition) is 4. The molecule has 0 amide bonds. The van der Waals surface area contributed by atoms with Gasteiger partial charge in [-0.05, 0) is 13.8 Å². The number of anilines is 1. The van der Waals surface area contributed by atoms with E-state index in [-0.39, 0.29) is 23.4 Å². The van der Waals surface area contributed by atoms with Crippen molar-refractivity contribution in [1.29, 1.82) is 5.41 Å². The summed E-state index contributed by atoms with van der Waals surface area (Å²) in [6, 6.07) is -0.371. The van der Waals surface area contributed by atoms with Gasteiger partial charge in [-0.3, -0.25) is 5.41 Å². The molecule has 0 saturated heterocycles. The number of hydrogen-bond donors (Lipinski definition) is 2. The van der Waals surface area contributed by atoms with Gasteiger partial charge in [-0.25, -0.2) is 9.97 Å². The molecule has 0 bridgehead atoms. The summed E-state index contributed by atoms with van der Waals surface area (Å²) < 4.78 is 37.2. The molecule has 0 saturated carbocycles. The molecule has 0 aromatic carbocycles. The van der Waals surface area contributed by atoms with Crippen LogP contribution in [0.5, 0.6) is 0 Å². The number of aromatic nitrogens is 2. The Kier molecular flexibility index (Phi) is 4.10. The van der Waals surface area contributed by atoms with Crippen molar-refractivity contribution in [2.75, 3.05) is 11.4 Å². The van der Waals surface area contributed by atoms with Crippen molar-refractivity contribution in [3.8, 4) is 0 Å². The maximum atomic E-state index is 12.4. The van der Waals surface area contributed by atoms with Crippen molar-refractivity contribution in [2.45, 2.75) is 26.1 Å². The summed E-state index contributed by atoms with van der Waals surface area (Å²) in [5.74, 6) is -0.173. The minimum atomic E-state index is -4.31. The number of rotatable bonds is 4. The van der Waals surface area contributed by atoms with Crippen molar-refractivity contribution in [2.24, 2.45) is 5.73 Å². The van der Waals surface area contributed by atoms with Crippen LogP contribution < -0.4 is 10.6 Å². The monoisotopic (exact) mass is 261 g/mol. The van der Waals surface area contributed by atoms with Gasteiger partial charge in [0.25, 0.3) is 0 Å². The van der Waals surface area contributed by atoms with E-state index in [0.29, 0.717) is 0 Å². The molecule has 1 aromatic rings. The zero-order valence-electron chi connectivity index (χ0n) is 9.99. The first-order valence-electron chi connectivity index (χ1n) is 5.20. The van der Waals surface area contributed by atoms with Gasteiger partial charge in [-0.15, -0.1) is 0 Å². The summed E-state index contributed by atoms with van der Waals surface area (Å²) in [4.78, 5) is 8.72. The number of nitrogens with two attached hydrogens (primary N) is 1. The molecule has 5 nitrogen and oxygen atoms in total. The van der Waals surface area contributed by atoms with E-state index in [1.54, 1.807) is 13.8 Å². The Morgan fingerprint density at radius 2 is 2.00 bits per heavy atom. The van der Waals surface area contributed by atoms with Crippen molar-refractivity contribution in [3.63, 3.8) is 0 Å². The molecule has 1 heterocycles. The molecule has 0 fully saturated rings. The molecule has 100 valence electrons. The van der Waals surface area contributed by atoms with Crippen LogP contribution in [0.4, 0.5) is 19.0 Å². The van der Waals surface area contributed by atoms with Gasteiger partial charge in [0.2, 0.25) is 0 Å². The van der Waals surface area contributed by atoms with E-state index >= 15 is 0 Å². The Morgan fingerprint density at radius 1 is 1.39 bits per heavy atom. The molecule has 0 spiro atoms. The second-order valence-electron chi connectivity index (χ2n) is 4.01. The predicted octanol–water partition coefficient (Wildman–Crippen LogP) is 1.54. The van der Waals surface area contributed by atoms with Crippen LogP contribution in [0, 0.1) is 5.41 Å². The summed E-state index contributed by atoms with van der Waals surface area (Å²) in [7, 11) is 0. The Hall–Kier alpha value is -1.86. The Balaban J connectivity index is 2.96. The topological polar surface area (TPSA) is 78.9 Å². The van der Waals surface area contributed by atoms with Crippen LogP contribution in [0.25, 0.3) is 0 Å². The highest BCUT2D eigenvalue weighted by atomic mass is 19.4. The van der Waals surface area contributed by atoms with Crippen LogP contribution in [-0.4, -0.2) is 34.6 Å². The number of nitrogen functional groups attached to an aromatic ring is 1. The average Bonchev–Trinajstić information content (AvgIpc) is 2.24. The lowest BCUT2D eigenvalue weighted by molar-refractivity contribution is -0.120. The highest BCUT2D eigenvalue weighted by Gasteiger charge is 2.32. The van der Waals surface area contributed by atoms with Crippen LogP contribution in [0.2, 0.25) is 0 Å². The number of halogens is 3. The second kappa shape index (κ2) is 5.19. The molecule has 0 radical (unpaired) electrons. The van der Waals surface area contributed by atoms with Gasteiger partial charge in [0, 0.05) is 6.04 Å². The fourth-order valence-electron chi connectivity index (χ4n) is 1.33. The van der Waals surface area contributed by atoms with Crippen LogP contribution in [0.3, 0.4) is 0 Å². The standard InChI is InChI=1S/C10H14F3N5/c1-6(2)18(5-10(11,12)13)8-4-16-7(3-17-8)9(14)15/h3-4,6H,5H2,1-2H3,(H3,14,15). The Labute approximate surface area is 102 Å². The highest BCUT2D eigenvalue weighted by molar-refractivity contribution is 5.92. The Morgan fingerprint density at radius 3 is 2.33 bits per heavy atom. The SMILES string of the molecule is CC(C)N(CC(F)(F)F)c1cnc(C(=N)N)cn1. The van der Waals surface area contributed by atoms with Crippen LogP contribution in [-0.2, 0) is 0 Å². The molecule has 1 rings (SSSR count). The van der Waals surface area contributed by atoms with Gasteiger partial charge in [0.1, 0.15) is 23.9 Å². The third kappa shape index (κ3) is 3.86. The first kappa shape index (κ1) is 14.2. The van der Waals surface area contributed by atoms with Crippen LogP contribution in [0.1, 0.15) is 19.5 Å². The smallest absolute Gasteiger partial charge is 0.382 e. The second-order valence-corrected chi connectivity index (χ2v) is 4.01. The first-order valence-corrected chi connectivity index (χ1v) is 5.20. The molecule has 0 aliphatic carbocycles. The molecule has 8 heteroatoms. The minimum Gasteiger partial charge on any atom is -0.382 e. The normalized spacial score (nSPS) is 11.7. The van der Waals surface area contributed by atoms with Crippen LogP contribution >= 0.6 is 0 Å². The van der Waals surface area contributed by atoms with E-state index in [0.717, 1.165) is 4.90 Å². The lowest BCUT2D eigenvalue weighted by atomic mass is 10.3. The summed E-state index contributed by atoms with van der Waals surface area (Å²) in [5, 5.41) is 7.12. The van der Waals surface area contributed by atoms with Gasteiger partial charge in [0.05, 0.1) is 12.4 Å². The van der Waals surface area contributed by atoms with Gasteiger partial charge < -0.3 is 10.6 Å². The van der Waals surface area contributed by atoms with E-state index < -0.39 is 12.7 Å². The fraction of sp³-hybridized carbons (Fsp3) is 0.500. The number of nitrogens with zero attached hydrogens (tertiary/aromatic N) is 3. The van der Waals surface area contributed by atoms with E-state index in [1.807, 2.05) is 0 Å². The molecule has 18 heavy (non-hydrogen) atoms. The summed E-state index contributed by atoms with van der Waals surface area (Å²) in [6.45, 7) is 2.16. The molecule has 0 atom stereocenters. The molecule has 1 aromatic heterocycles. The fourth-order valence-corrected chi connectivity index (χ4v) is 1.33. The summed E-state index contributed by atoms with van der Waals surface area (Å²) >= 11 is 0. The number of alkyl halides is 3. The maximum absolute atomic E-state index is 12.4. The quantitative estimate of drug-likeness (QED) is 0.636. The maximum Gasteiger partial charge on any atom is 0.405 e. The van der Waals surface area contributed by atoms with Crippen molar-refractivity contribution < 1.29 is 13.2 Å². The lowest BCUT2D eigenvalue weighted by Crippen LogP contribution is -2.39. The molecule has 0 unspecified atom stereocenters. The van der Waals surface area contributed by atoms with Gasteiger partial charge in [-0.1, -0.05) is 0 Å². The van der Waals surface area contributed by atoms with E-state index in [4.69, 9.17) is 11.1 Å². The largest absolute Gasteiger partial charge is 0.405 e. The molecule has 3 N–H and O–H groups in total. The average molecular weight is 261 g/mol. The third-order valence-electron chi connectivity index (χ3n) is 2.18. The predicted molar refractivity (Wildman–Crippen MR) is 61.6 cm³/mol. The summed E-state index contributed by atoms with van der Waals surface area (Å²) in [5.41, 5.74) is 5.32. The van der Waals surface area contributed by atoms with E-state index in [1.165, 1.54) is 12.4 Å². The molecule has 0 aliphatic heterocycles. The van der Waals surface area contributed by atoms with E-state index in [2.05, 4.69) is 9.97 Å². The van der Waals surface area contributed by atoms with Crippen molar-refractivity contribution in [3.05, 3.63) is 18.1 Å². The Bertz CT molecular complexity index is 413. The minimum absolute atomic E-state index is 0.104.